The summed E-state index contributed by atoms with van der Waals surface area (Å²) in [6.45, 7) is 2.38. The molecule has 174 valence electrons. The van der Waals surface area contributed by atoms with Gasteiger partial charge >= 0.3 is 5.97 Å². The third kappa shape index (κ3) is 6.41. The molecule has 1 amide bonds. The summed E-state index contributed by atoms with van der Waals surface area (Å²) in [6, 6.07) is 10.6. The molecule has 0 aliphatic carbocycles. The minimum absolute atomic E-state index is 0.0862. The van der Waals surface area contributed by atoms with E-state index in [1.165, 1.54) is 23.8 Å². The topological polar surface area (TPSA) is 65.1 Å². The van der Waals surface area contributed by atoms with Crippen LogP contribution < -0.4 is 9.47 Å². The van der Waals surface area contributed by atoms with Crippen LogP contribution in [0.3, 0.4) is 0 Å². The quantitative estimate of drug-likeness (QED) is 0.235. The van der Waals surface area contributed by atoms with Crippen molar-refractivity contribution >= 4 is 69.5 Å². The van der Waals surface area contributed by atoms with Gasteiger partial charge < -0.3 is 14.2 Å². The molecular weight excluding hydrogens is 505 g/mol. The minimum atomic E-state index is -0.367. The number of thiocarbonyl (C=S) groups is 1. The third-order valence-corrected chi connectivity index (χ3v) is 6.72. The Balaban J connectivity index is 1.72. The Morgan fingerprint density at radius 3 is 2.58 bits per heavy atom. The van der Waals surface area contributed by atoms with Gasteiger partial charge in [0.05, 0.1) is 25.0 Å². The molecule has 1 heterocycles. The van der Waals surface area contributed by atoms with Crippen molar-refractivity contribution in [2.24, 2.45) is 0 Å². The molecule has 0 radical (unpaired) electrons. The largest absolute Gasteiger partial charge is 0.493 e. The van der Waals surface area contributed by atoms with Gasteiger partial charge in [0.15, 0.2) is 11.5 Å². The number of ether oxygens (including phenoxy) is 3. The Morgan fingerprint density at radius 2 is 1.91 bits per heavy atom. The molecule has 0 bridgehead atoms. The SMILES string of the molecule is CCOC(=O)CCN1C(=O)/C(=C/c2ccc(OCc3c(Cl)cccc3Cl)c(OC)c2)SC1=S. The molecule has 0 N–H and O–H groups in total. The van der Waals surface area contributed by atoms with E-state index in [0.29, 0.717) is 42.9 Å². The van der Waals surface area contributed by atoms with Gasteiger partial charge in [0.1, 0.15) is 10.9 Å². The highest BCUT2D eigenvalue weighted by Gasteiger charge is 2.32. The fourth-order valence-electron chi connectivity index (χ4n) is 2.99. The molecule has 10 heteroatoms. The van der Waals surface area contributed by atoms with Crippen LogP contribution in [0.5, 0.6) is 11.5 Å². The van der Waals surface area contributed by atoms with Crippen LogP contribution in [-0.4, -0.2) is 41.4 Å². The average molecular weight is 526 g/mol. The molecule has 1 fully saturated rings. The van der Waals surface area contributed by atoms with E-state index < -0.39 is 0 Å². The summed E-state index contributed by atoms with van der Waals surface area (Å²) >= 11 is 18.9. The maximum absolute atomic E-state index is 12.8. The van der Waals surface area contributed by atoms with Gasteiger partial charge in [-0.05, 0) is 42.8 Å². The monoisotopic (exact) mass is 525 g/mol. The first kappa shape index (κ1) is 25.4. The molecular formula is C23H21Cl2NO5S2. The lowest BCUT2D eigenvalue weighted by molar-refractivity contribution is -0.143. The summed E-state index contributed by atoms with van der Waals surface area (Å²) < 4.78 is 16.6. The summed E-state index contributed by atoms with van der Waals surface area (Å²) in [6.07, 6.45) is 1.81. The van der Waals surface area contributed by atoms with Crippen LogP contribution >= 0.6 is 47.2 Å². The molecule has 0 saturated carbocycles. The molecule has 2 aromatic rings. The number of nitrogens with zero attached hydrogens (tertiary/aromatic N) is 1. The minimum Gasteiger partial charge on any atom is -0.493 e. The zero-order valence-electron chi connectivity index (χ0n) is 17.9. The fraction of sp³-hybridized carbons (Fsp3) is 0.261. The molecule has 1 aliphatic rings. The Bertz CT molecular complexity index is 1090. The smallest absolute Gasteiger partial charge is 0.307 e. The first-order chi connectivity index (χ1) is 15.8. The second-order valence-electron chi connectivity index (χ2n) is 6.79. The van der Waals surface area contributed by atoms with Gasteiger partial charge in [-0.25, -0.2) is 0 Å². The van der Waals surface area contributed by atoms with E-state index in [4.69, 9.17) is 49.6 Å². The molecule has 3 rings (SSSR count). The van der Waals surface area contributed by atoms with E-state index in [9.17, 15) is 9.59 Å². The molecule has 0 atom stereocenters. The van der Waals surface area contributed by atoms with Crippen molar-refractivity contribution in [1.29, 1.82) is 0 Å². The predicted octanol–water partition coefficient (Wildman–Crippen LogP) is 5.74. The Morgan fingerprint density at radius 1 is 1.18 bits per heavy atom. The molecule has 1 aliphatic heterocycles. The number of amides is 1. The zero-order valence-corrected chi connectivity index (χ0v) is 21.1. The first-order valence-electron chi connectivity index (χ1n) is 9.98. The molecule has 0 unspecified atom stereocenters. The van der Waals surface area contributed by atoms with Crippen LogP contribution in [0, 0.1) is 0 Å². The first-order valence-corrected chi connectivity index (χ1v) is 12.0. The van der Waals surface area contributed by atoms with Crippen molar-refractivity contribution in [3.8, 4) is 11.5 Å². The Kier molecular flexibility index (Phi) is 9.02. The van der Waals surface area contributed by atoms with Crippen molar-refractivity contribution in [2.45, 2.75) is 20.0 Å². The molecule has 0 aromatic heterocycles. The lowest BCUT2D eigenvalue weighted by Crippen LogP contribution is -2.30. The number of esters is 1. The summed E-state index contributed by atoms with van der Waals surface area (Å²) in [4.78, 5) is 26.2. The Hall–Kier alpha value is -2.26. The normalized spacial score (nSPS) is 14.7. The highest BCUT2D eigenvalue weighted by Crippen LogP contribution is 2.35. The summed E-state index contributed by atoms with van der Waals surface area (Å²) in [5.41, 5.74) is 1.42. The number of rotatable bonds is 9. The van der Waals surface area contributed by atoms with Crippen LogP contribution in [0.15, 0.2) is 41.3 Å². The van der Waals surface area contributed by atoms with Gasteiger partial charge in [0.25, 0.3) is 5.91 Å². The number of hydrogen-bond acceptors (Lipinski definition) is 7. The number of carbonyl (C=O) groups is 2. The predicted molar refractivity (Wildman–Crippen MR) is 135 cm³/mol. The van der Waals surface area contributed by atoms with Crippen LogP contribution in [-0.2, 0) is 20.9 Å². The second kappa shape index (κ2) is 11.7. The van der Waals surface area contributed by atoms with E-state index >= 15 is 0 Å². The van der Waals surface area contributed by atoms with E-state index in [-0.39, 0.29) is 31.4 Å². The fourth-order valence-corrected chi connectivity index (χ4v) is 4.81. The number of methoxy groups -OCH3 is 1. The van der Waals surface area contributed by atoms with Gasteiger partial charge in [-0.15, -0.1) is 0 Å². The van der Waals surface area contributed by atoms with Crippen LogP contribution in [0.1, 0.15) is 24.5 Å². The number of benzene rings is 2. The van der Waals surface area contributed by atoms with Crippen molar-refractivity contribution in [1.82, 2.24) is 4.90 Å². The van der Waals surface area contributed by atoms with Gasteiger partial charge in [0.2, 0.25) is 0 Å². The van der Waals surface area contributed by atoms with Crippen molar-refractivity contribution in [2.75, 3.05) is 20.3 Å². The highest BCUT2D eigenvalue weighted by atomic mass is 35.5. The highest BCUT2D eigenvalue weighted by molar-refractivity contribution is 8.26. The molecule has 0 spiro atoms. The number of hydrogen-bond donors (Lipinski definition) is 0. The van der Waals surface area contributed by atoms with Crippen molar-refractivity contribution < 1.29 is 23.8 Å². The number of thioether (sulfide) groups is 1. The standard InChI is InChI=1S/C23H21Cl2NO5S2/c1-3-30-21(27)9-10-26-22(28)20(33-23(26)32)12-14-7-8-18(19(11-14)29-2)31-13-15-16(24)5-4-6-17(15)25/h4-8,11-12H,3,9-10,13H2,1-2H3/b20-12-. The maximum atomic E-state index is 12.8. The Labute approximate surface area is 211 Å². The van der Waals surface area contributed by atoms with Crippen LogP contribution in [0.4, 0.5) is 0 Å². The van der Waals surface area contributed by atoms with Gasteiger partial charge in [-0.2, -0.15) is 0 Å². The summed E-state index contributed by atoms with van der Waals surface area (Å²) in [7, 11) is 1.53. The van der Waals surface area contributed by atoms with E-state index in [0.717, 1.165) is 5.56 Å². The summed E-state index contributed by atoms with van der Waals surface area (Å²) in [5.74, 6) is 0.383. The van der Waals surface area contributed by atoms with Gasteiger partial charge in [-0.1, -0.05) is 59.3 Å². The second-order valence-corrected chi connectivity index (χ2v) is 9.28. The third-order valence-electron chi connectivity index (χ3n) is 4.64. The molecule has 1 saturated heterocycles. The molecule has 33 heavy (non-hydrogen) atoms. The van der Waals surface area contributed by atoms with Crippen LogP contribution in [0.25, 0.3) is 6.08 Å². The maximum Gasteiger partial charge on any atom is 0.307 e. The van der Waals surface area contributed by atoms with Gasteiger partial charge in [0, 0.05) is 22.2 Å². The zero-order chi connectivity index (χ0) is 24.0. The van der Waals surface area contributed by atoms with Crippen molar-refractivity contribution in [3.63, 3.8) is 0 Å². The van der Waals surface area contributed by atoms with Crippen LogP contribution in [0.2, 0.25) is 10.0 Å². The lowest BCUT2D eigenvalue weighted by atomic mass is 10.1. The number of halogens is 2. The lowest BCUT2D eigenvalue weighted by Gasteiger charge is -2.13. The average Bonchev–Trinajstić information content (AvgIpc) is 3.05. The van der Waals surface area contributed by atoms with E-state index in [2.05, 4.69) is 0 Å². The summed E-state index contributed by atoms with van der Waals surface area (Å²) in [5, 5.41) is 1.03. The van der Waals surface area contributed by atoms with E-state index in [1.807, 2.05) is 0 Å². The number of carbonyl (C=O) groups excluding carboxylic acids is 2. The molecule has 2 aromatic carbocycles. The van der Waals surface area contributed by atoms with Crippen molar-refractivity contribution in [3.05, 3.63) is 62.5 Å². The van der Waals surface area contributed by atoms with Gasteiger partial charge in [-0.3, -0.25) is 14.5 Å². The molecule has 6 nitrogen and oxygen atoms in total. The van der Waals surface area contributed by atoms with E-state index in [1.54, 1.807) is 49.4 Å².